The van der Waals surface area contributed by atoms with Crippen molar-refractivity contribution in [1.82, 2.24) is 9.55 Å². The van der Waals surface area contributed by atoms with Crippen LogP contribution < -0.4 is 11.3 Å². The molecule has 0 radical (unpaired) electrons. The largest absolute Gasteiger partial charge is 0.392 e. The molecule has 0 fully saturated rings. The second kappa shape index (κ2) is 5.82. The number of thiophene rings is 1. The molecule has 2 aromatic heterocycles. The molecule has 0 bridgehead atoms. The van der Waals surface area contributed by atoms with E-state index >= 15 is 0 Å². The molecule has 0 unspecified atom stereocenters. The normalized spacial score (nSPS) is 11.1. The van der Waals surface area contributed by atoms with Gasteiger partial charge in [-0.25, -0.2) is 9.37 Å². The summed E-state index contributed by atoms with van der Waals surface area (Å²) < 4.78 is 14.7. The first-order valence-electron chi connectivity index (χ1n) is 6.93. The molecule has 7 heteroatoms. The van der Waals surface area contributed by atoms with E-state index in [9.17, 15) is 9.18 Å². The molecule has 2 heterocycles. The van der Waals surface area contributed by atoms with Gasteiger partial charge in [-0.2, -0.15) is 0 Å². The molecular formula is C16H14FN3OS2. The van der Waals surface area contributed by atoms with Crippen molar-refractivity contribution in [2.75, 3.05) is 0 Å². The van der Waals surface area contributed by atoms with Gasteiger partial charge in [-0.3, -0.25) is 9.36 Å². The second-order valence-corrected chi connectivity index (χ2v) is 6.96. The fourth-order valence-electron chi connectivity index (χ4n) is 2.60. The van der Waals surface area contributed by atoms with Crippen LogP contribution in [-0.2, 0) is 6.54 Å². The fraction of sp³-hybridized carbons (Fsp3) is 0.188. The Morgan fingerprint density at radius 1 is 1.35 bits per heavy atom. The third kappa shape index (κ3) is 2.77. The number of aromatic nitrogens is 2. The number of fused-ring (bicyclic) bond motifs is 1. The quantitative estimate of drug-likeness (QED) is 0.739. The number of rotatable bonds is 3. The smallest absolute Gasteiger partial charge is 0.263 e. The molecule has 2 N–H and O–H groups in total. The summed E-state index contributed by atoms with van der Waals surface area (Å²) in [6.45, 7) is 3.84. The molecule has 3 aromatic rings. The first-order chi connectivity index (χ1) is 10.9. The Bertz CT molecular complexity index is 974. The molecule has 1 aromatic carbocycles. The molecule has 0 saturated carbocycles. The molecule has 0 aliphatic rings. The summed E-state index contributed by atoms with van der Waals surface area (Å²) in [7, 11) is 0. The van der Waals surface area contributed by atoms with Crippen LogP contribution in [0.4, 0.5) is 4.39 Å². The minimum atomic E-state index is -0.314. The van der Waals surface area contributed by atoms with Crippen LogP contribution in [0.25, 0.3) is 21.3 Å². The lowest BCUT2D eigenvalue weighted by atomic mass is 10.0. The summed E-state index contributed by atoms with van der Waals surface area (Å²) in [5.74, 6) is 0.257. The average Bonchev–Trinajstić information content (AvgIpc) is 2.80. The van der Waals surface area contributed by atoms with Crippen LogP contribution in [0.3, 0.4) is 0 Å². The first-order valence-corrected chi connectivity index (χ1v) is 8.15. The maximum atomic E-state index is 13.2. The molecule has 4 nitrogen and oxygen atoms in total. The molecule has 23 heavy (non-hydrogen) atoms. The number of benzene rings is 1. The highest BCUT2D eigenvalue weighted by Gasteiger charge is 2.18. The average molecular weight is 347 g/mol. The monoisotopic (exact) mass is 347 g/mol. The lowest BCUT2D eigenvalue weighted by Gasteiger charge is -2.09. The van der Waals surface area contributed by atoms with E-state index in [-0.39, 0.29) is 22.9 Å². The van der Waals surface area contributed by atoms with Crippen LogP contribution >= 0.6 is 23.6 Å². The van der Waals surface area contributed by atoms with Crippen molar-refractivity contribution < 1.29 is 4.39 Å². The van der Waals surface area contributed by atoms with Gasteiger partial charge in [0.25, 0.3) is 5.56 Å². The topological polar surface area (TPSA) is 60.9 Å². The number of hydrogen-bond acceptors (Lipinski definition) is 4. The Kier molecular flexibility index (Phi) is 3.99. The molecular weight excluding hydrogens is 333 g/mol. The first kappa shape index (κ1) is 15.8. The lowest BCUT2D eigenvalue weighted by Crippen LogP contribution is -2.29. The highest BCUT2D eigenvalue weighted by Crippen LogP contribution is 2.35. The van der Waals surface area contributed by atoms with Crippen molar-refractivity contribution in [3.05, 3.63) is 51.1 Å². The van der Waals surface area contributed by atoms with Gasteiger partial charge in [-0.05, 0) is 31.5 Å². The maximum absolute atomic E-state index is 13.2. The van der Waals surface area contributed by atoms with E-state index in [0.29, 0.717) is 16.0 Å². The Labute approximate surface area is 141 Å². The van der Waals surface area contributed by atoms with Crippen molar-refractivity contribution in [3.8, 4) is 11.1 Å². The van der Waals surface area contributed by atoms with E-state index in [0.717, 1.165) is 16.0 Å². The van der Waals surface area contributed by atoms with Gasteiger partial charge >= 0.3 is 0 Å². The summed E-state index contributed by atoms with van der Waals surface area (Å²) in [6.07, 6.45) is 0. The van der Waals surface area contributed by atoms with Crippen LogP contribution in [0.2, 0.25) is 0 Å². The number of nitrogens with two attached hydrogens (primary N) is 1. The molecule has 0 spiro atoms. The Hall–Kier alpha value is -2.12. The maximum Gasteiger partial charge on any atom is 0.263 e. The number of thiocarbonyl (C=S) groups is 1. The number of hydrogen-bond donors (Lipinski definition) is 1. The van der Waals surface area contributed by atoms with Gasteiger partial charge in [-0.1, -0.05) is 24.4 Å². The number of halogens is 1. The summed E-state index contributed by atoms with van der Waals surface area (Å²) >= 11 is 6.37. The molecule has 0 saturated heterocycles. The predicted octanol–water partition coefficient (Wildman–Crippen LogP) is 3.17. The zero-order valence-electron chi connectivity index (χ0n) is 12.6. The van der Waals surface area contributed by atoms with Gasteiger partial charge < -0.3 is 5.73 Å². The third-order valence-corrected chi connectivity index (χ3v) is 4.75. The van der Waals surface area contributed by atoms with Crippen molar-refractivity contribution >= 4 is 38.8 Å². The molecule has 118 valence electrons. The van der Waals surface area contributed by atoms with Gasteiger partial charge in [0.1, 0.15) is 16.5 Å². The van der Waals surface area contributed by atoms with E-state index in [4.69, 9.17) is 18.0 Å². The SMILES string of the molecule is Cc1sc2nc(C)n(CC(N)=S)c(=O)c2c1-c1ccc(F)cc1. The summed E-state index contributed by atoms with van der Waals surface area (Å²) in [4.78, 5) is 19.3. The minimum Gasteiger partial charge on any atom is -0.392 e. The Morgan fingerprint density at radius 2 is 2.00 bits per heavy atom. The highest BCUT2D eigenvalue weighted by molar-refractivity contribution is 7.80. The predicted molar refractivity (Wildman–Crippen MR) is 95.5 cm³/mol. The molecule has 0 atom stereocenters. The minimum absolute atomic E-state index is 0.153. The van der Waals surface area contributed by atoms with Crippen molar-refractivity contribution in [1.29, 1.82) is 0 Å². The van der Waals surface area contributed by atoms with E-state index in [1.807, 2.05) is 6.92 Å². The second-order valence-electron chi connectivity index (χ2n) is 5.24. The zero-order valence-corrected chi connectivity index (χ0v) is 14.2. The van der Waals surface area contributed by atoms with Crippen LogP contribution in [0.15, 0.2) is 29.1 Å². The zero-order chi connectivity index (χ0) is 16.7. The summed E-state index contributed by atoms with van der Waals surface area (Å²) in [5.41, 5.74) is 6.99. The van der Waals surface area contributed by atoms with Gasteiger partial charge in [0.05, 0.1) is 16.9 Å². The molecule has 3 rings (SSSR count). The standard InChI is InChI=1S/C16H14FN3OS2/c1-8-13(10-3-5-11(17)6-4-10)14-15(23-8)19-9(2)20(16(14)21)7-12(18)22/h3-6H,7H2,1-2H3,(H2,18,22). The summed E-state index contributed by atoms with van der Waals surface area (Å²) in [5, 5.41) is 0.529. The Morgan fingerprint density at radius 3 is 2.61 bits per heavy atom. The molecule has 0 aliphatic carbocycles. The van der Waals surface area contributed by atoms with E-state index in [1.54, 1.807) is 19.1 Å². The van der Waals surface area contributed by atoms with Crippen LogP contribution in [-0.4, -0.2) is 14.5 Å². The van der Waals surface area contributed by atoms with Gasteiger partial charge in [0.15, 0.2) is 0 Å². The number of nitrogens with zero attached hydrogens (tertiary/aromatic N) is 2. The van der Waals surface area contributed by atoms with Gasteiger partial charge in [-0.15, -0.1) is 11.3 Å². The van der Waals surface area contributed by atoms with E-state index < -0.39 is 0 Å². The van der Waals surface area contributed by atoms with Crippen molar-refractivity contribution in [2.24, 2.45) is 5.73 Å². The van der Waals surface area contributed by atoms with Crippen molar-refractivity contribution in [2.45, 2.75) is 20.4 Å². The molecule has 0 aliphatic heterocycles. The Balaban J connectivity index is 2.34. The van der Waals surface area contributed by atoms with E-state index in [1.165, 1.54) is 28.0 Å². The van der Waals surface area contributed by atoms with Gasteiger partial charge in [0.2, 0.25) is 0 Å². The third-order valence-electron chi connectivity index (χ3n) is 3.63. The lowest BCUT2D eigenvalue weighted by molar-refractivity contribution is 0.628. The number of aryl methyl sites for hydroxylation is 2. The van der Waals surface area contributed by atoms with Crippen LogP contribution in [0.5, 0.6) is 0 Å². The van der Waals surface area contributed by atoms with E-state index in [2.05, 4.69) is 4.98 Å². The van der Waals surface area contributed by atoms with Crippen LogP contribution in [0, 0.1) is 19.7 Å². The van der Waals surface area contributed by atoms with Crippen molar-refractivity contribution in [3.63, 3.8) is 0 Å². The highest BCUT2D eigenvalue weighted by atomic mass is 32.1. The van der Waals surface area contributed by atoms with Crippen LogP contribution in [0.1, 0.15) is 10.7 Å². The van der Waals surface area contributed by atoms with Gasteiger partial charge in [0, 0.05) is 10.4 Å². The summed E-state index contributed by atoms with van der Waals surface area (Å²) in [6, 6.07) is 6.10. The fourth-order valence-corrected chi connectivity index (χ4v) is 3.81. The molecule has 0 amide bonds.